The lowest BCUT2D eigenvalue weighted by atomic mass is 10.1. The molecule has 1 aliphatic rings. The Morgan fingerprint density at radius 1 is 1.22 bits per heavy atom. The fourth-order valence-electron chi connectivity index (χ4n) is 3.38. The lowest BCUT2D eigenvalue weighted by molar-refractivity contribution is -0.128. The lowest BCUT2D eigenvalue weighted by Gasteiger charge is -2.18. The zero-order chi connectivity index (χ0) is 23.3. The van der Waals surface area contributed by atoms with Gasteiger partial charge in [-0.15, -0.1) is 0 Å². The van der Waals surface area contributed by atoms with Gasteiger partial charge < -0.3 is 15.1 Å². The molecule has 3 rings (SSSR count). The first-order chi connectivity index (χ1) is 15.1. The van der Waals surface area contributed by atoms with E-state index in [1.54, 1.807) is 17.9 Å². The van der Waals surface area contributed by atoms with Crippen LogP contribution in [-0.2, 0) is 19.6 Å². The van der Waals surface area contributed by atoms with Crippen molar-refractivity contribution >= 4 is 33.5 Å². The Balaban J connectivity index is 1.57. The van der Waals surface area contributed by atoms with Crippen LogP contribution in [0.15, 0.2) is 41.4 Å². The molecule has 0 radical (unpaired) electrons. The number of aryl methyl sites for hydroxylation is 1. The van der Waals surface area contributed by atoms with Gasteiger partial charge in [-0.25, -0.2) is 23.1 Å². The van der Waals surface area contributed by atoms with Gasteiger partial charge in [0.2, 0.25) is 17.8 Å². The van der Waals surface area contributed by atoms with Crippen LogP contribution >= 0.6 is 0 Å². The first-order valence-corrected chi connectivity index (χ1v) is 11.8. The molecule has 1 fully saturated rings. The topological polar surface area (TPSA) is 125 Å². The normalized spacial score (nSPS) is 16.4. The lowest BCUT2D eigenvalue weighted by Crippen LogP contribution is -2.30. The van der Waals surface area contributed by atoms with Crippen LogP contribution in [-0.4, -0.2) is 73.7 Å². The van der Waals surface area contributed by atoms with E-state index < -0.39 is 15.9 Å². The fraction of sp³-hybridized carbons (Fsp3) is 0.429. The highest BCUT2D eigenvalue weighted by Crippen LogP contribution is 2.21. The van der Waals surface area contributed by atoms with Gasteiger partial charge in [-0.1, -0.05) is 0 Å². The van der Waals surface area contributed by atoms with E-state index in [-0.39, 0.29) is 29.1 Å². The molecule has 32 heavy (non-hydrogen) atoms. The van der Waals surface area contributed by atoms with Gasteiger partial charge in [0.15, 0.2) is 0 Å². The van der Waals surface area contributed by atoms with Crippen molar-refractivity contribution in [1.29, 1.82) is 0 Å². The molecule has 10 nitrogen and oxygen atoms in total. The maximum absolute atomic E-state index is 12.6. The van der Waals surface area contributed by atoms with E-state index in [2.05, 4.69) is 24.9 Å². The highest BCUT2D eigenvalue weighted by molar-refractivity contribution is 7.92. The van der Waals surface area contributed by atoms with Gasteiger partial charge in [-0.3, -0.25) is 9.59 Å². The second-order valence-electron chi connectivity index (χ2n) is 8.04. The summed E-state index contributed by atoms with van der Waals surface area (Å²) < 4.78 is 27.4. The number of nitrogens with one attached hydrogen (secondary N) is 2. The maximum atomic E-state index is 12.6. The van der Waals surface area contributed by atoms with Crippen LogP contribution in [0.3, 0.4) is 0 Å². The number of carbonyl (C=O) groups excluding carboxylic acids is 2. The van der Waals surface area contributed by atoms with Crippen LogP contribution in [0.25, 0.3) is 0 Å². The summed E-state index contributed by atoms with van der Waals surface area (Å²) in [5, 5.41) is 2.77. The molecule has 1 unspecified atom stereocenters. The largest absolute Gasteiger partial charge is 0.342 e. The van der Waals surface area contributed by atoms with E-state index in [4.69, 9.17) is 0 Å². The van der Waals surface area contributed by atoms with E-state index in [9.17, 15) is 18.0 Å². The van der Waals surface area contributed by atoms with E-state index in [0.29, 0.717) is 24.5 Å². The Hall–Kier alpha value is -3.05. The SMILES string of the molecule is Cc1ccnc(NS(=O)(=O)c2ccc(NC(=O)C3CC(=O)N(CCCN(C)C)C3)cc2)n1. The van der Waals surface area contributed by atoms with Crippen molar-refractivity contribution in [2.75, 3.05) is 43.8 Å². The smallest absolute Gasteiger partial charge is 0.264 e. The second-order valence-corrected chi connectivity index (χ2v) is 9.72. The molecule has 11 heteroatoms. The number of amides is 2. The summed E-state index contributed by atoms with van der Waals surface area (Å²) in [6, 6.07) is 7.46. The minimum absolute atomic E-state index is 0.0107. The molecule has 0 bridgehead atoms. The highest BCUT2D eigenvalue weighted by atomic mass is 32.2. The van der Waals surface area contributed by atoms with Crippen LogP contribution in [0.2, 0.25) is 0 Å². The van der Waals surface area contributed by atoms with Gasteiger partial charge in [-0.2, -0.15) is 0 Å². The maximum Gasteiger partial charge on any atom is 0.264 e. The third-order valence-electron chi connectivity index (χ3n) is 5.07. The van der Waals surface area contributed by atoms with Gasteiger partial charge in [-0.05, 0) is 64.3 Å². The molecule has 2 amide bonds. The number of carbonyl (C=O) groups is 2. The van der Waals surface area contributed by atoms with Crippen LogP contribution in [0.1, 0.15) is 18.5 Å². The Morgan fingerprint density at radius 3 is 2.59 bits per heavy atom. The summed E-state index contributed by atoms with van der Waals surface area (Å²) in [7, 11) is 0.0913. The summed E-state index contributed by atoms with van der Waals surface area (Å²) in [6.45, 7) is 3.63. The number of likely N-dealkylation sites (tertiary alicyclic amines) is 1. The average molecular weight is 461 g/mol. The highest BCUT2D eigenvalue weighted by Gasteiger charge is 2.34. The predicted octanol–water partition coefficient (Wildman–Crippen LogP) is 1.32. The number of anilines is 2. The van der Waals surface area contributed by atoms with Crippen LogP contribution < -0.4 is 10.0 Å². The Kier molecular flexibility index (Phi) is 7.41. The molecule has 1 aromatic heterocycles. The molecule has 2 heterocycles. The molecular weight excluding hydrogens is 432 g/mol. The molecule has 2 N–H and O–H groups in total. The van der Waals surface area contributed by atoms with E-state index in [0.717, 1.165) is 13.0 Å². The third kappa shape index (κ3) is 6.24. The number of nitrogens with zero attached hydrogens (tertiary/aromatic N) is 4. The van der Waals surface area contributed by atoms with E-state index in [1.807, 2.05) is 14.1 Å². The zero-order valence-corrected chi connectivity index (χ0v) is 19.2. The molecule has 172 valence electrons. The number of benzene rings is 1. The van der Waals surface area contributed by atoms with Gasteiger partial charge >= 0.3 is 0 Å². The summed E-state index contributed by atoms with van der Waals surface area (Å²) >= 11 is 0. The van der Waals surface area contributed by atoms with Crippen LogP contribution in [0.5, 0.6) is 0 Å². The quantitative estimate of drug-likeness (QED) is 0.578. The summed E-state index contributed by atoms with van der Waals surface area (Å²) in [6.07, 6.45) is 2.50. The summed E-state index contributed by atoms with van der Waals surface area (Å²) in [4.78, 5) is 36.5. The van der Waals surface area contributed by atoms with Crippen molar-refractivity contribution in [3.63, 3.8) is 0 Å². The molecule has 2 aromatic rings. The van der Waals surface area contributed by atoms with Crippen molar-refractivity contribution in [2.45, 2.75) is 24.7 Å². The molecule has 0 saturated carbocycles. The van der Waals surface area contributed by atoms with Crippen molar-refractivity contribution in [3.05, 3.63) is 42.2 Å². The van der Waals surface area contributed by atoms with Crippen LogP contribution in [0, 0.1) is 12.8 Å². The van der Waals surface area contributed by atoms with E-state index >= 15 is 0 Å². The number of sulfonamides is 1. The van der Waals surface area contributed by atoms with Gasteiger partial charge in [0, 0.05) is 37.1 Å². The van der Waals surface area contributed by atoms with Gasteiger partial charge in [0.25, 0.3) is 10.0 Å². The number of rotatable bonds is 9. The number of hydrogen-bond acceptors (Lipinski definition) is 7. The first kappa shape index (κ1) is 23.6. The Morgan fingerprint density at radius 2 is 1.94 bits per heavy atom. The van der Waals surface area contributed by atoms with Crippen molar-refractivity contribution in [3.8, 4) is 0 Å². The second kappa shape index (κ2) is 10.0. The van der Waals surface area contributed by atoms with Gasteiger partial charge in [0.1, 0.15) is 0 Å². The molecule has 0 aliphatic carbocycles. The molecule has 1 aromatic carbocycles. The predicted molar refractivity (Wildman–Crippen MR) is 121 cm³/mol. The minimum Gasteiger partial charge on any atom is -0.342 e. The first-order valence-electron chi connectivity index (χ1n) is 10.3. The summed E-state index contributed by atoms with van der Waals surface area (Å²) in [5.41, 5.74) is 1.09. The Labute approximate surface area is 188 Å². The molecule has 0 spiro atoms. The zero-order valence-electron chi connectivity index (χ0n) is 18.4. The molecule has 1 saturated heterocycles. The monoisotopic (exact) mass is 460 g/mol. The van der Waals surface area contributed by atoms with Crippen molar-refractivity contribution in [1.82, 2.24) is 19.8 Å². The van der Waals surface area contributed by atoms with Gasteiger partial charge in [0.05, 0.1) is 10.8 Å². The van der Waals surface area contributed by atoms with Crippen molar-refractivity contribution < 1.29 is 18.0 Å². The summed E-state index contributed by atoms with van der Waals surface area (Å²) in [5.74, 6) is -0.709. The third-order valence-corrected chi connectivity index (χ3v) is 6.42. The average Bonchev–Trinajstić information content (AvgIpc) is 3.09. The molecule has 1 atom stereocenters. The fourth-order valence-corrected chi connectivity index (χ4v) is 4.33. The number of aromatic nitrogens is 2. The standard InChI is InChI=1S/C21H28N6O4S/c1-15-9-10-22-21(23-15)25-32(30,31)18-7-5-17(6-8-18)24-20(29)16-13-19(28)27(14-16)12-4-11-26(2)3/h5-10,16H,4,11-14H2,1-3H3,(H,24,29)(H,22,23,25). The minimum atomic E-state index is -3.86. The Bertz CT molecular complexity index is 1070. The van der Waals surface area contributed by atoms with Crippen LogP contribution in [0.4, 0.5) is 11.6 Å². The van der Waals surface area contributed by atoms with E-state index in [1.165, 1.54) is 30.5 Å². The molecule has 1 aliphatic heterocycles. The van der Waals surface area contributed by atoms with Crippen molar-refractivity contribution in [2.24, 2.45) is 5.92 Å². The number of hydrogen-bond donors (Lipinski definition) is 2. The molecular formula is C21H28N6O4S.